The highest BCUT2D eigenvalue weighted by Gasteiger charge is 2.65. The number of piperidine rings is 1. The number of rotatable bonds is 8. The summed E-state index contributed by atoms with van der Waals surface area (Å²) in [5.41, 5.74) is 5.32. The molecule has 1 aromatic heterocycles. The lowest BCUT2D eigenvalue weighted by atomic mass is 9.81. The van der Waals surface area contributed by atoms with E-state index in [-0.39, 0.29) is 29.5 Å². The molecule has 2 amide bonds. The van der Waals surface area contributed by atoms with Gasteiger partial charge in [-0.3, -0.25) is 9.59 Å². The number of hydrogen-bond donors (Lipinski definition) is 2. The molecule has 4 heterocycles. The van der Waals surface area contributed by atoms with E-state index in [0.29, 0.717) is 24.5 Å². The summed E-state index contributed by atoms with van der Waals surface area (Å²) < 4.78 is 36.6. The fourth-order valence-electron chi connectivity index (χ4n) is 10.1. The molecule has 2 aliphatic carbocycles. The predicted octanol–water partition coefficient (Wildman–Crippen LogP) is 5.91. The standard InChI is InChI=1S/C39H51N5O5S/c1-23(2)40-26-18-27-12-13-28(19-26)44(27)38(46)39-21-33(39)32-20-29(49-5)14-16-30(32)36-35(24-9-7-6-8-10-24)31-15-11-25(17-34(31)43(36)22-39)37(45)41-50(47,48)42(3)4/h11,14-17,20,23-24,26-28,33,40H,6-10,12-13,18-19,21-22H2,1-5H3,(H,41,45). The number of ether oxygens (including phenoxy) is 1. The Kier molecular flexibility index (Phi) is 8.34. The fourth-order valence-corrected chi connectivity index (χ4v) is 10.6. The fraction of sp³-hybridized carbons (Fsp3) is 0.590. The van der Waals surface area contributed by atoms with Crippen LogP contribution in [0.15, 0.2) is 36.4 Å². The van der Waals surface area contributed by atoms with Crippen LogP contribution in [0.5, 0.6) is 5.75 Å². The van der Waals surface area contributed by atoms with Gasteiger partial charge in [0, 0.05) is 72.8 Å². The molecule has 268 valence electrons. The maximum atomic E-state index is 15.2. The van der Waals surface area contributed by atoms with Crippen molar-refractivity contribution in [3.05, 3.63) is 53.1 Å². The molecule has 4 fully saturated rings. The van der Waals surface area contributed by atoms with Gasteiger partial charge in [0.15, 0.2) is 0 Å². The molecule has 2 saturated carbocycles. The van der Waals surface area contributed by atoms with Gasteiger partial charge in [0.2, 0.25) is 5.91 Å². The molecule has 10 nitrogen and oxygen atoms in total. The Labute approximate surface area is 296 Å². The number of nitrogens with zero attached hydrogens (tertiary/aromatic N) is 3. The van der Waals surface area contributed by atoms with E-state index in [1.807, 2.05) is 18.2 Å². The molecule has 8 rings (SSSR count). The first kappa shape index (κ1) is 33.7. The van der Waals surface area contributed by atoms with Crippen molar-refractivity contribution in [1.29, 1.82) is 0 Å². The Morgan fingerprint density at radius 1 is 0.980 bits per heavy atom. The van der Waals surface area contributed by atoms with Crippen molar-refractivity contribution < 1.29 is 22.7 Å². The average Bonchev–Trinajstić information content (AvgIpc) is 3.68. The van der Waals surface area contributed by atoms with Gasteiger partial charge in [0.05, 0.1) is 18.2 Å². The normalized spacial score (nSPS) is 27.5. The minimum Gasteiger partial charge on any atom is -0.497 e. The zero-order chi connectivity index (χ0) is 35.1. The number of amides is 2. The maximum Gasteiger partial charge on any atom is 0.303 e. The average molecular weight is 702 g/mol. The molecule has 2 bridgehead atoms. The summed E-state index contributed by atoms with van der Waals surface area (Å²) in [5, 5.41) is 4.84. The van der Waals surface area contributed by atoms with Gasteiger partial charge in [0.25, 0.3) is 5.91 Å². The minimum absolute atomic E-state index is 0.0666. The topological polar surface area (TPSA) is 113 Å². The second-order valence-electron chi connectivity index (χ2n) is 16.1. The maximum absolute atomic E-state index is 15.2. The van der Waals surface area contributed by atoms with E-state index < -0.39 is 21.5 Å². The van der Waals surface area contributed by atoms with Gasteiger partial charge in [-0.15, -0.1) is 0 Å². The minimum atomic E-state index is -3.97. The molecule has 50 heavy (non-hydrogen) atoms. The molecule has 3 aliphatic heterocycles. The van der Waals surface area contributed by atoms with Gasteiger partial charge in [0.1, 0.15) is 5.75 Å². The number of fused-ring (bicyclic) bond motifs is 9. The Balaban J connectivity index is 1.28. The van der Waals surface area contributed by atoms with E-state index >= 15 is 4.79 Å². The Morgan fingerprint density at radius 3 is 2.36 bits per heavy atom. The predicted molar refractivity (Wildman–Crippen MR) is 195 cm³/mol. The largest absolute Gasteiger partial charge is 0.497 e. The summed E-state index contributed by atoms with van der Waals surface area (Å²) in [7, 11) is 0.519. The first-order valence-corrected chi connectivity index (χ1v) is 20.0. The van der Waals surface area contributed by atoms with Crippen LogP contribution >= 0.6 is 0 Å². The third-order valence-electron chi connectivity index (χ3n) is 12.4. The molecule has 0 radical (unpaired) electrons. The summed E-state index contributed by atoms with van der Waals surface area (Å²) in [4.78, 5) is 30.9. The van der Waals surface area contributed by atoms with Crippen LogP contribution in [0, 0.1) is 5.41 Å². The molecule has 2 saturated heterocycles. The molecule has 4 unspecified atom stereocenters. The zero-order valence-electron chi connectivity index (χ0n) is 30.0. The third kappa shape index (κ3) is 5.46. The highest BCUT2D eigenvalue weighted by molar-refractivity contribution is 7.87. The Morgan fingerprint density at radius 2 is 1.70 bits per heavy atom. The highest BCUT2D eigenvalue weighted by Crippen LogP contribution is 2.67. The molecule has 2 N–H and O–H groups in total. The van der Waals surface area contributed by atoms with Gasteiger partial charge in [-0.05, 0) is 92.3 Å². The first-order valence-electron chi connectivity index (χ1n) is 18.6. The second-order valence-corrected chi connectivity index (χ2v) is 18.0. The van der Waals surface area contributed by atoms with Crippen molar-refractivity contribution in [3.63, 3.8) is 0 Å². The number of methoxy groups -OCH3 is 1. The summed E-state index contributed by atoms with van der Waals surface area (Å²) in [5.74, 6) is 0.820. The van der Waals surface area contributed by atoms with Crippen molar-refractivity contribution in [3.8, 4) is 17.0 Å². The monoisotopic (exact) mass is 701 g/mol. The lowest BCUT2D eigenvalue weighted by Crippen LogP contribution is -2.54. The molecule has 2 aromatic carbocycles. The van der Waals surface area contributed by atoms with Crippen molar-refractivity contribution in [2.45, 2.75) is 121 Å². The van der Waals surface area contributed by atoms with Gasteiger partial charge in [-0.1, -0.05) is 39.2 Å². The Hall–Kier alpha value is -3.41. The van der Waals surface area contributed by atoms with E-state index in [2.05, 4.69) is 45.5 Å². The van der Waals surface area contributed by atoms with Crippen LogP contribution in [0.25, 0.3) is 22.2 Å². The SMILES string of the molecule is COc1ccc2c(c1)C1CC1(C(=O)N1C3CCC1CC(NC(C)C)C3)Cn1c-2c(C2CCCCC2)c2ccc(C(=O)NS(=O)(=O)N(C)C)cc21. The quantitative estimate of drug-likeness (QED) is 0.302. The smallest absolute Gasteiger partial charge is 0.303 e. The van der Waals surface area contributed by atoms with Crippen molar-refractivity contribution in [2.75, 3.05) is 21.2 Å². The van der Waals surface area contributed by atoms with Crippen molar-refractivity contribution in [1.82, 2.24) is 23.8 Å². The van der Waals surface area contributed by atoms with Crippen LogP contribution in [0.2, 0.25) is 0 Å². The van der Waals surface area contributed by atoms with Gasteiger partial charge >= 0.3 is 10.2 Å². The van der Waals surface area contributed by atoms with Gasteiger partial charge < -0.3 is 19.5 Å². The number of carbonyl (C=O) groups excluding carboxylic acids is 2. The summed E-state index contributed by atoms with van der Waals surface area (Å²) in [6.45, 7) is 4.92. The van der Waals surface area contributed by atoms with Crippen LogP contribution in [-0.2, 0) is 21.5 Å². The van der Waals surface area contributed by atoms with E-state index in [9.17, 15) is 13.2 Å². The molecular weight excluding hydrogens is 651 g/mol. The van der Waals surface area contributed by atoms with Crippen LogP contribution in [0.3, 0.4) is 0 Å². The Bertz CT molecular complexity index is 1950. The number of nitrogens with one attached hydrogen (secondary N) is 2. The number of benzene rings is 2. The van der Waals surface area contributed by atoms with Crippen LogP contribution in [0.1, 0.15) is 111 Å². The molecule has 0 spiro atoms. The summed E-state index contributed by atoms with van der Waals surface area (Å²) >= 11 is 0. The van der Waals surface area contributed by atoms with Crippen LogP contribution in [0.4, 0.5) is 0 Å². The van der Waals surface area contributed by atoms with E-state index in [1.165, 1.54) is 44.5 Å². The molecule has 3 aromatic rings. The van der Waals surface area contributed by atoms with Crippen molar-refractivity contribution in [2.24, 2.45) is 5.41 Å². The number of hydrogen-bond acceptors (Lipinski definition) is 6. The first-order chi connectivity index (χ1) is 23.9. The molecule has 4 atom stereocenters. The third-order valence-corrected chi connectivity index (χ3v) is 13.9. The molecule has 11 heteroatoms. The van der Waals surface area contributed by atoms with Crippen molar-refractivity contribution >= 4 is 32.9 Å². The van der Waals surface area contributed by atoms with E-state index in [0.717, 1.165) is 77.2 Å². The summed E-state index contributed by atoms with van der Waals surface area (Å²) in [6, 6.07) is 13.3. The molecule has 5 aliphatic rings. The number of carbonyl (C=O) groups is 2. The van der Waals surface area contributed by atoms with Gasteiger partial charge in [-0.25, -0.2) is 4.72 Å². The van der Waals surface area contributed by atoms with E-state index in [4.69, 9.17) is 4.74 Å². The lowest BCUT2D eigenvalue weighted by molar-refractivity contribution is -0.142. The lowest BCUT2D eigenvalue weighted by Gasteiger charge is -2.42. The van der Waals surface area contributed by atoms with Gasteiger partial charge in [-0.2, -0.15) is 12.7 Å². The van der Waals surface area contributed by atoms with E-state index in [1.54, 1.807) is 13.2 Å². The zero-order valence-corrected chi connectivity index (χ0v) is 30.8. The molecular formula is C39H51N5O5S. The second kappa shape index (κ2) is 12.4. The summed E-state index contributed by atoms with van der Waals surface area (Å²) in [6.07, 6.45) is 10.6. The van der Waals surface area contributed by atoms with Crippen LogP contribution < -0.4 is 14.8 Å². The number of aromatic nitrogens is 1. The van der Waals surface area contributed by atoms with Crippen LogP contribution in [-0.4, -0.2) is 79.4 Å². The highest BCUT2D eigenvalue weighted by atomic mass is 32.2.